The minimum atomic E-state index is -4.75. The normalized spacial score (nSPS) is 16.0. The van der Waals surface area contributed by atoms with Crippen LogP contribution in [-0.4, -0.2) is 35.8 Å². The average Bonchev–Trinajstić information content (AvgIpc) is 3.13. The number of hydrogen-bond acceptors (Lipinski definition) is 7. The zero-order valence-corrected chi connectivity index (χ0v) is 15.1. The lowest BCUT2D eigenvalue weighted by Gasteiger charge is -2.22. The number of nitrogens with zero attached hydrogens (tertiary/aromatic N) is 2. The fraction of sp³-hybridized carbons (Fsp3) is 0.176. The number of hydrogen-bond donors (Lipinski definition) is 3. The lowest BCUT2D eigenvalue weighted by Crippen LogP contribution is -2.39. The lowest BCUT2D eigenvalue weighted by atomic mass is 10.2. The number of nitrogens with one attached hydrogen (secondary N) is 2. The number of rotatable bonds is 4. The van der Waals surface area contributed by atoms with E-state index < -0.39 is 18.6 Å². The minimum Gasteiger partial charge on any atom is -0.478 e. The number of alkyl halides is 3. The van der Waals surface area contributed by atoms with E-state index in [9.17, 15) is 18.0 Å². The van der Waals surface area contributed by atoms with Crippen molar-refractivity contribution in [3.63, 3.8) is 0 Å². The van der Waals surface area contributed by atoms with Crippen molar-refractivity contribution in [3.05, 3.63) is 42.0 Å². The molecule has 0 bridgehead atoms. The van der Waals surface area contributed by atoms with E-state index in [0.717, 1.165) is 5.69 Å². The second-order valence-corrected chi connectivity index (χ2v) is 7.07. The highest BCUT2D eigenvalue weighted by Gasteiger charge is 2.31. The molecule has 3 aromatic rings. The van der Waals surface area contributed by atoms with E-state index in [-0.39, 0.29) is 11.3 Å². The molecule has 0 spiro atoms. The van der Waals surface area contributed by atoms with E-state index >= 15 is 0 Å². The third-order valence-corrected chi connectivity index (χ3v) is 5.11. The van der Waals surface area contributed by atoms with Gasteiger partial charge in [0.1, 0.15) is 5.75 Å². The van der Waals surface area contributed by atoms with Crippen LogP contribution in [0.5, 0.6) is 5.75 Å². The van der Waals surface area contributed by atoms with Gasteiger partial charge in [0.15, 0.2) is 11.4 Å². The van der Waals surface area contributed by atoms with Gasteiger partial charge in [-0.25, -0.2) is 9.78 Å². The maximum absolute atomic E-state index is 12.4. The molecule has 2 heterocycles. The summed E-state index contributed by atoms with van der Waals surface area (Å²) in [5.41, 5.74) is 2.16. The van der Waals surface area contributed by atoms with E-state index in [1.54, 1.807) is 6.07 Å². The molecule has 0 saturated heterocycles. The molecule has 28 heavy (non-hydrogen) atoms. The number of carboxylic acids is 1. The van der Waals surface area contributed by atoms with Crippen LogP contribution in [0.2, 0.25) is 0 Å². The Morgan fingerprint density at radius 2 is 2.11 bits per heavy atom. The Hall–Kier alpha value is -3.21. The van der Waals surface area contributed by atoms with E-state index in [1.165, 1.54) is 41.7 Å². The third-order valence-electron chi connectivity index (χ3n) is 4.16. The van der Waals surface area contributed by atoms with Crippen molar-refractivity contribution >= 4 is 44.0 Å². The Labute approximate surface area is 160 Å². The quantitative estimate of drug-likeness (QED) is 0.596. The SMILES string of the molecule is CN1c2ccc(C(=O)O)cc2NC1Nc1nc2ccc(OC(F)(F)F)cc2s1. The molecule has 0 radical (unpaired) electrons. The van der Waals surface area contributed by atoms with Gasteiger partial charge in [0.05, 0.1) is 27.2 Å². The number of benzene rings is 2. The van der Waals surface area contributed by atoms with Gasteiger partial charge in [-0.15, -0.1) is 13.2 Å². The van der Waals surface area contributed by atoms with Crippen molar-refractivity contribution in [2.75, 3.05) is 22.6 Å². The first kappa shape index (κ1) is 18.2. The summed E-state index contributed by atoms with van der Waals surface area (Å²) in [4.78, 5) is 17.4. The van der Waals surface area contributed by atoms with Crippen molar-refractivity contribution in [1.82, 2.24) is 4.98 Å². The van der Waals surface area contributed by atoms with E-state index in [0.29, 0.717) is 21.0 Å². The summed E-state index contributed by atoms with van der Waals surface area (Å²) in [7, 11) is 1.82. The summed E-state index contributed by atoms with van der Waals surface area (Å²) in [5.74, 6) is -1.33. The molecule has 0 amide bonds. The van der Waals surface area contributed by atoms with Gasteiger partial charge < -0.3 is 25.4 Å². The fourth-order valence-corrected chi connectivity index (χ4v) is 3.81. The monoisotopic (exact) mass is 410 g/mol. The number of carboxylic acid groups (broad SMARTS) is 1. The Morgan fingerprint density at radius 1 is 1.32 bits per heavy atom. The second-order valence-electron chi connectivity index (χ2n) is 6.04. The Kier molecular flexibility index (Phi) is 4.18. The highest BCUT2D eigenvalue weighted by Crippen LogP contribution is 2.36. The molecule has 0 aliphatic carbocycles. The minimum absolute atomic E-state index is 0.164. The van der Waals surface area contributed by atoms with Crippen molar-refractivity contribution in [3.8, 4) is 5.75 Å². The molecule has 1 aliphatic heterocycles. The highest BCUT2D eigenvalue weighted by molar-refractivity contribution is 7.22. The molecule has 7 nitrogen and oxygen atoms in total. The first-order valence-electron chi connectivity index (χ1n) is 7.99. The number of halogens is 3. The van der Waals surface area contributed by atoms with Crippen LogP contribution in [-0.2, 0) is 0 Å². The number of carbonyl (C=O) groups is 1. The molecule has 2 aromatic carbocycles. The van der Waals surface area contributed by atoms with Crippen LogP contribution < -0.4 is 20.3 Å². The van der Waals surface area contributed by atoms with Crippen molar-refractivity contribution in [2.45, 2.75) is 12.7 Å². The second kappa shape index (κ2) is 6.44. The molecule has 146 valence electrons. The average molecular weight is 410 g/mol. The zero-order chi connectivity index (χ0) is 20.1. The van der Waals surface area contributed by atoms with Gasteiger partial charge in [-0.05, 0) is 30.3 Å². The molecule has 1 aliphatic rings. The summed E-state index contributed by atoms with van der Waals surface area (Å²) in [6.07, 6.45) is -5.15. The smallest absolute Gasteiger partial charge is 0.478 e. The van der Waals surface area contributed by atoms with Gasteiger partial charge in [0.2, 0.25) is 0 Å². The maximum Gasteiger partial charge on any atom is 0.573 e. The Bertz CT molecular complexity index is 1070. The van der Waals surface area contributed by atoms with Gasteiger partial charge in [0.25, 0.3) is 0 Å². The van der Waals surface area contributed by atoms with Crippen LogP contribution in [0.3, 0.4) is 0 Å². The number of aromatic carboxylic acids is 1. The van der Waals surface area contributed by atoms with E-state index in [2.05, 4.69) is 20.4 Å². The first-order valence-corrected chi connectivity index (χ1v) is 8.81. The predicted octanol–water partition coefficient (Wildman–Crippen LogP) is 4.15. The van der Waals surface area contributed by atoms with E-state index in [1.807, 2.05) is 11.9 Å². The van der Waals surface area contributed by atoms with Crippen LogP contribution in [0.1, 0.15) is 10.4 Å². The molecule has 1 unspecified atom stereocenters. The molecule has 1 aromatic heterocycles. The van der Waals surface area contributed by atoms with Crippen LogP contribution in [0.25, 0.3) is 10.2 Å². The van der Waals surface area contributed by atoms with Crippen LogP contribution in [0, 0.1) is 0 Å². The molecule has 1 atom stereocenters. The van der Waals surface area contributed by atoms with Crippen molar-refractivity contribution in [1.29, 1.82) is 0 Å². The van der Waals surface area contributed by atoms with Gasteiger partial charge in [-0.3, -0.25) is 0 Å². The standard InChI is InChI=1S/C17H13F3N4O3S/c1-24-12-5-2-8(14(25)26)6-11(12)21-15(24)23-16-22-10-4-3-9(7-13(10)28-16)27-17(18,19)20/h2-7,15,21H,1H3,(H,22,23)(H,25,26). The molecular weight excluding hydrogens is 397 g/mol. The van der Waals surface area contributed by atoms with Crippen LogP contribution in [0.15, 0.2) is 36.4 Å². The number of fused-ring (bicyclic) bond motifs is 2. The first-order chi connectivity index (χ1) is 13.2. The number of ether oxygens (including phenoxy) is 1. The van der Waals surface area contributed by atoms with E-state index in [4.69, 9.17) is 5.11 Å². The van der Waals surface area contributed by atoms with Gasteiger partial charge in [0, 0.05) is 13.1 Å². The zero-order valence-electron chi connectivity index (χ0n) is 14.2. The summed E-state index contributed by atoms with van der Waals surface area (Å²) in [5, 5.41) is 15.9. The third kappa shape index (κ3) is 3.48. The molecular formula is C17H13F3N4O3S. The summed E-state index contributed by atoms with van der Waals surface area (Å²) in [6, 6.07) is 8.70. The van der Waals surface area contributed by atoms with Gasteiger partial charge in [-0.2, -0.15) is 0 Å². The van der Waals surface area contributed by atoms with Gasteiger partial charge >= 0.3 is 12.3 Å². The van der Waals surface area contributed by atoms with Crippen molar-refractivity contribution in [2.24, 2.45) is 0 Å². The molecule has 0 fully saturated rings. The molecule has 4 rings (SSSR count). The predicted molar refractivity (Wildman–Crippen MR) is 99.1 cm³/mol. The Balaban J connectivity index is 1.54. The number of aromatic nitrogens is 1. The van der Waals surface area contributed by atoms with Gasteiger partial charge in [-0.1, -0.05) is 11.3 Å². The summed E-state index contributed by atoms with van der Waals surface area (Å²) >= 11 is 1.18. The molecule has 0 saturated carbocycles. The maximum atomic E-state index is 12.4. The summed E-state index contributed by atoms with van der Waals surface area (Å²) in [6.45, 7) is 0. The van der Waals surface area contributed by atoms with Crippen LogP contribution >= 0.6 is 11.3 Å². The largest absolute Gasteiger partial charge is 0.573 e. The van der Waals surface area contributed by atoms with Crippen LogP contribution in [0.4, 0.5) is 29.7 Å². The molecule has 3 N–H and O–H groups in total. The number of thiazole rings is 1. The lowest BCUT2D eigenvalue weighted by molar-refractivity contribution is -0.274. The topological polar surface area (TPSA) is 86.7 Å². The Morgan fingerprint density at radius 3 is 2.82 bits per heavy atom. The summed E-state index contributed by atoms with van der Waals surface area (Å²) < 4.78 is 41.6. The van der Waals surface area contributed by atoms with Crippen molar-refractivity contribution < 1.29 is 27.8 Å². The highest BCUT2D eigenvalue weighted by atomic mass is 32.1. The number of anilines is 3. The fourth-order valence-electron chi connectivity index (χ4n) is 2.89. The molecule has 11 heteroatoms.